The van der Waals surface area contributed by atoms with Crippen LogP contribution in [0.1, 0.15) is 22.3 Å². The molecule has 0 heterocycles. The van der Waals surface area contributed by atoms with Gasteiger partial charge in [0.1, 0.15) is 0 Å². The number of benzene rings is 1. The first kappa shape index (κ1) is 14.9. The number of rotatable bonds is 6. The molecule has 0 atom stereocenters. The lowest BCUT2D eigenvalue weighted by Crippen LogP contribution is -2.27. The van der Waals surface area contributed by atoms with Gasteiger partial charge in [0.15, 0.2) is 0 Å². The molecule has 0 unspecified atom stereocenters. The Bertz CT molecular complexity index is 500. The fourth-order valence-electron chi connectivity index (χ4n) is 1.32. The smallest absolute Gasteiger partial charge is 0.251 e. The summed E-state index contributed by atoms with van der Waals surface area (Å²) in [5, 5.41) is 7.46. The maximum absolute atomic E-state index is 11.6. The summed E-state index contributed by atoms with van der Waals surface area (Å²) in [5.41, 5.74) is 1.45. The molecular formula is C11H15ClN2O3S. The second kappa shape index (κ2) is 6.72. The number of carbonyl (C=O) groups is 1. The van der Waals surface area contributed by atoms with E-state index < -0.39 is 10.0 Å². The van der Waals surface area contributed by atoms with Gasteiger partial charge in [0, 0.05) is 18.0 Å². The molecule has 100 valence electrons. The lowest BCUT2D eigenvalue weighted by atomic mass is 10.1. The standard InChI is InChI=1S/C11H15ClN2O3S/c12-8-9-2-4-10(5-3-9)11(15)14-6-1-7-18(13,16)17/h2-5H,1,6-8H2,(H,14,15)(H2,13,16,17). The number of halogens is 1. The highest BCUT2D eigenvalue weighted by atomic mass is 35.5. The fraction of sp³-hybridized carbons (Fsp3) is 0.364. The number of nitrogens with one attached hydrogen (secondary N) is 1. The van der Waals surface area contributed by atoms with Crippen molar-refractivity contribution in [1.29, 1.82) is 0 Å². The minimum absolute atomic E-state index is 0.140. The molecule has 1 aromatic rings. The monoisotopic (exact) mass is 290 g/mol. The topological polar surface area (TPSA) is 89.3 Å². The largest absolute Gasteiger partial charge is 0.352 e. The Kier molecular flexibility index (Phi) is 5.58. The number of nitrogens with two attached hydrogens (primary N) is 1. The summed E-state index contributed by atoms with van der Waals surface area (Å²) >= 11 is 5.63. The first-order valence-electron chi connectivity index (χ1n) is 5.36. The van der Waals surface area contributed by atoms with Crippen molar-refractivity contribution < 1.29 is 13.2 Å². The predicted molar refractivity (Wildman–Crippen MR) is 70.9 cm³/mol. The Labute approximate surface area is 111 Å². The van der Waals surface area contributed by atoms with Crippen LogP contribution in [-0.2, 0) is 15.9 Å². The Morgan fingerprint density at radius 3 is 2.39 bits per heavy atom. The highest BCUT2D eigenvalue weighted by Gasteiger charge is 2.06. The number of amides is 1. The van der Waals surface area contributed by atoms with Crippen LogP contribution >= 0.6 is 11.6 Å². The third kappa shape index (κ3) is 5.48. The molecule has 0 bridgehead atoms. The summed E-state index contributed by atoms with van der Waals surface area (Å²) in [4.78, 5) is 11.6. The summed E-state index contributed by atoms with van der Waals surface area (Å²) < 4.78 is 21.3. The molecule has 0 spiro atoms. The van der Waals surface area contributed by atoms with E-state index in [4.69, 9.17) is 16.7 Å². The van der Waals surface area contributed by atoms with Crippen LogP contribution in [0.5, 0.6) is 0 Å². The zero-order chi connectivity index (χ0) is 13.6. The minimum atomic E-state index is -3.46. The number of primary sulfonamides is 1. The molecule has 1 aromatic carbocycles. The van der Waals surface area contributed by atoms with Crippen molar-refractivity contribution in [3.05, 3.63) is 35.4 Å². The van der Waals surface area contributed by atoms with Crippen molar-refractivity contribution in [3.8, 4) is 0 Å². The van der Waals surface area contributed by atoms with Crippen molar-refractivity contribution in [2.45, 2.75) is 12.3 Å². The van der Waals surface area contributed by atoms with E-state index in [0.717, 1.165) is 5.56 Å². The van der Waals surface area contributed by atoms with E-state index in [0.29, 0.717) is 17.9 Å². The highest BCUT2D eigenvalue weighted by molar-refractivity contribution is 7.89. The van der Waals surface area contributed by atoms with Gasteiger partial charge in [0.25, 0.3) is 5.91 Å². The molecule has 0 fully saturated rings. The van der Waals surface area contributed by atoms with Gasteiger partial charge in [-0.05, 0) is 24.1 Å². The van der Waals surface area contributed by atoms with Crippen LogP contribution in [0.15, 0.2) is 24.3 Å². The molecular weight excluding hydrogens is 276 g/mol. The quantitative estimate of drug-likeness (QED) is 0.601. The summed E-state index contributed by atoms with van der Waals surface area (Å²) in [6, 6.07) is 6.89. The average molecular weight is 291 g/mol. The molecule has 0 saturated heterocycles. The predicted octanol–water partition coefficient (Wildman–Crippen LogP) is 0.834. The van der Waals surface area contributed by atoms with Crippen LogP contribution < -0.4 is 10.5 Å². The highest BCUT2D eigenvalue weighted by Crippen LogP contribution is 2.06. The summed E-state index contributed by atoms with van der Waals surface area (Å²) in [7, 11) is -3.46. The lowest BCUT2D eigenvalue weighted by Gasteiger charge is -2.05. The zero-order valence-electron chi connectivity index (χ0n) is 9.73. The number of sulfonamides is 1. The Balaban J connectivity index is 2.40. The van der Waals surface area contributed by atoms with Crippen LogP contribution in [0, 0.1) is 0 Å². The van der Waals surface area contributed by atoms with E-state index in [1.165, 1.54) is 0 Å². The number of hydrogen-bond donors (Lipinski definition) is 2. The third-order valence-electron chi connectivity index (χ3n) is 2.26. The Morgan fingerprint density at radius 1 is 1.28 bits per heavy atom. The van der Waals surface area contributed by atoms with Gasteiger partial charge in [-0.1, -0.05) is 12.1 Å². The van der Waals surface area contributed by atoms with E-state index in [9.17, 15) is 13.2 Å². The van der Waals surface area contributed by atoms with Crippen molar-refractivity contribution in [3.63, 3.8) is 0 Å². The fourth-order valence-corrected chi connectivity index (χ4v) is 2.05. The second-order valence-corrected chi connectivity index (χ2v) is 5.81. The molecule has 0 aromatic heterocycles. The molecule has 0 saturated carbocycles. The maximum Gasteiger partial charge on any atom is 0.251 e. The van der Waals surface area contributed by atoms with E-state index in [1.54, 1.807) is 24.3 Å². The van der Waals surface area contributed by atoms with Gasteiger partial charge in [0.2, 0.25) is 10.0 Å². The minimum Gasteiger partial charge on any atom is -0.352 e. The SMILES string of the molecule is NS(=O)(=O)CCCNC(=O)c1ccc(CCl)cc1. The van der Waals surface area contributed by atoms with E-state index in [1.807, 2.05) is 0 Å². The molecule has 3 N–H and O–H groups in total. The van der Waals surface area contributed by atoms with Gasteiger partial charge < -0.3 is 5.32 Å². The molecule has 0 aliphatic rings. The Hall–Kier alpha value is -1.11. The van der Waals surface area contributed by atoms with Gasteiger partial charge in [-0.2, -0.15) is 0 Å². The first-order valence-corrected chi connectivity index (χ1v) is 7.61. The third-order valence-corrected chi connectivity index (χ3v) is 3.43. The van der Waals surface area contributed by atoms with Crippen molar-refractivity contribution in [2.24, 2.45) is 5.14 Å². The summed E-state index contributed by atoms with van der Waals surface area (Å²) in [5.74, 6) is 0.0138. The van der Waals surface area contributed by atoms with E-state index >= 15 is 0 Å². The van der Waals surface area contributed by atoms with Gasteiger partial charge in [0.05, 0.1) is 5.75 Å². The second-order valence-electron chi connectivity index (χ2n) is 3.81. The lowest BCUT2D eigenvalue weighted by molar-refractivity contribution is 0.0953. The maximum atomic E-state index is 11.6. The van der Waals surface area contributed by atoms with Gasteiger partial charge in [-0.25, -0.2) is 13.6 Å². The van der Waals surface area contributed by atoms with Crippen molar-refractivity contribution in [2.75, 3.05) is 12.3 Å². The van der Waals surface area contributed by atoms with Crippen LogP contribution in [0.4, 0.5) is 0 Å². The van der Waals surface area contributed by atoms with Crippen LogP contribution in [0.25, 0.3) is 0 Å². The van der Waals surface area contributed by atoms with Crippen molar-refractivity contribution in [1.82, 2.24) is 5.32 Å². The number of alkyl halides is 1. The molecule has 18 heavy (non-hydrogen) atoms. The van der Waals surface area contributed by atoms with E-state index in [-0.39, 0.29) is 18.2 Å². The molecule has 1 amide bonds. The Morgan fingerprint density at radius 2 is 1.89 bits per heavy atom. The number of carbonyl (C=O) groups excluding carboxylic acids is 1. The van der Waals surface area contributed by atoms with E-state index in [2.05, 4.69) is 5.32 Å². The molecule has 0 aliphatic carbocycles. The average Bonchev–Trinajstić information content (AvgIpc) is 2.33. The molecule has 1 rings (SSSR count). The van der Waals surface area contributed by atoms with Gasteiger partial charge in [-0.3, -0.25) is 4.79 Å². The molecule has 7 heteroatoms. The zero-order valence-corrected chi connectivity index (χ0v) is 11.3. The molecule has 0 radical (unpaired) electrons. The summed E-state index contributed by atoms with van der Waals surface area (Å²) in [6.07, 6.45) is 0.296. The van der Waals surface area contributed by atoms with Crippen LogP contribution in [0.2, 0.25) is 0 Å². The summed E-state index contributed by atoms with van der Waals surface area (Å²) in [6.45, 7) is 0.270. The number of hydrogen-bond acceptors (Lipinski definition) is 3. The molecule has 5 nitrogen and oxygen atoms in total. The van der Waals surface area contributed by atoms with Crippen LogP contribution in [-0.4, -0.2) is 26.6 Å². The normalized spacial score (nSPS) is 11.2. The van der Waals surface area contributed by atoms with Crippen LogP contribution in [0.3, 0.4) is 0 Å². The first-order chi connectivity index (χ1) is 8.42. The van der Waals surface area contributed by atoms with Gasteiger partial charge in [-0.15, -0.1) is 11.6 Å². The van der Waals surface area contributed by atoms with Crippen molar-refractivity contribution >= 4 is 27.5 Å². The molecule has 0 aliphatic heterocycles. The van der Waals surface area contributed by atoms with Gasteiger partial charge >= 0.3 is 0 Å².